The van der Waals surface area contributed by atoms with E-state index < -0.39 is 36.4 Å². The fraction of sp³-hybridized carbons (Fsp3) is 0.300. The molecule has 102 valence electrons. The van der Waals surface area contributed by atoms with E-state index in [0.717, 1.165) is 10.8 Å². The van der Waals surface area contributed by atoms with Gasteiger partial charge in [-0.05, 0) is 6.07 Å². The fourth-order valence-electron chi connectivity index (χ4n) is 1.78. The van der Waals surface area contributed by atoms with E-state index in [0.29, 0.717) is 6.07 Å². The molecule has 0 aliphatic carbocycles. The maximum Gasteiger partial charge on any atom is 0.431 e. The number of hydrogen-bond acceptors (Lipinski definition) is 3. The smallest absolute Gasteiger partial charge is 0.431 e. The van der Waals surface area contributed by atoms with Crippen LogP contribution in [0.15, 0.2) is 17.1 Å². The molecule has 0 spiro atoms. The Balaban J connectivity index is 2.65. The molecule has 0 radical (unpaired) electrons. The summed E-state index contributed by atoms with van der Waals surface area (Å²) in [7, 11) is 0. The quantitative estimate of drug-likeness (QED) is 0.881. The van der Waals surface area contributed by atoms with Crippen LogP contribution in [0.3, 0.4) is 0 Å². The van der Waals surface area contributed by atoms with Crippen molar-refractivity contribution in [3.05, 3.63) is 28.3 Å². The Hall–Kier alpha value is -2.32. The standard InChI is InChI=1S/C10H8F3N3O3/c11-10(12,13)7-3-5-6(4-14-15-9(5)19)16(7)2-1-8(17)18/h3-4H,1-2H2,(H,15,19)(H,17,18). The molecule has 2 rings (SSSR count). The van der Waals surface area contributed by atoms with E-state index in [1.165, 1.54) is 0 Å². The highest BCUT2D eigenvalue weighted by Crippen LogP contribution is 2.32. The average Bonchev–Trinajstić information content (AvgIpc) is 2.66. The van der Waals surface area contributed by atoms with E-state index >= 15 is 0 Å². The molecule has 2 N–H and O–H groups in total. The summed E-state index contributed by atoms with van der Waals surface area (Å²) in [5, 5.41) is 13.8. The maximum absolute atomic E-state index is 12.8. The summed E-state index contributed by atoms with van der Waals surface area (Å²) in [6.07, 6.45) is -4.10. The number of aliphatic carboxylic acids is 1. The summed E-state index contributed by atoms with van der Waals surface area (Å²) >= 11 is 0. The van der Waals surface area contributed by atoms with Crippen molar-refractivity contribution in [1.29, 1.82) is 0 Å². The van der Waals surface area contributed by atoms with Crippen molar-refractivity contribution in [3.8, 4) is 0 Å². The van der Waals surface area contributed by atoms with Crippen LogP contribution in [0.2, 0.25) is 0 Å². The molecule has 2 aromatic rings. The van der Waals surface area contributed by atoms with E-state index in [1.54, 1.807) is 0 Å². The van der Waals surface area contributed by atoms with Crippen molar-refractivity contribution in [3.63, 3.8) is 0 Å². The first-order chi connectivity index (χ1) is 8.80. The summed E-state index contributed by atoms with van der Waals surface area (Å²) in [5.74, 6) is -1.23. The predicted octanol–water partition coefficient (Wildman–Crippen LogP) is 1.22. The van der Waals surface area contributed by atoms with Crippen LogP contribution in [0.4, 0.5) is 13.2 Å². The number of aryl methyl sites for hydroxylation is 1. The van der Waals surface area contributed by atoms with Gasteiger partial charge < -0.3 is 9.67 Å². The van der Waals surface area contributed by atoms with Crippen LogP contribution in [0.1, 0.15) is 12.1 Å². The van der Waals surface area contributed by atoms with Crippen molar-refractivity contribution in [2.75, 3.05) is 0 Å². The van der Waals surface area contributed by atoms with Gasteiger partial charge in [-0.3, -0.25) is 9.59 Å². The SMILES string of the molecule is O=C(O)CCn1c(C(F)(F)F)cc2c(=O)[nH]ncc21. The molecule has 0 aromatic carbocycles. The number of alkyl halides is 3. The molecule has 0 fully saturated rings. The molecule has 0 saturated carbocycles. The van der Waals surface area contributed by atoms with Gasteiger partial charge in [0.15, 0.2) is 0 Å². The molecule has 0 aliphatic rings. The van der Waals surface area contributed by atoms with Crippen LogP contribution in [-0.4, -0.2) is 25.8 Å². The summed E-state index contributed by atoms with van der Waals surface area (Å²) in [4.78, 5) is 21.9. The first kappa shape index (κ1) is 13.1. The zero-order valence-corrected chi connectivity index (χ0v) is 9.36. The minimum Gasteiger partial charge on any atom is -0.481 e. The molecule has 6 nitrogen and oxygen atoms in total. The lowest BCUT2D eigenvalue weighted by molar-refractivity contribution is -0.144. The second-order valence-electron chi connectivity index (χ2n) is 3.82. The molecule has 9 heteroatoms. The van der Waals surface area contributed by atoms with Crippen LogP contribution in [0, 0.1) is 0 Å². The number of rotatable bonds is 3. The van der Waals surface area contributed by atoms with Crippen molar-refractivity contribution >= 4 is 16.9 Å². The van der Waals surface area contributed by atoms with Crippen LogP contribution in [0.25, 0.3) is 10.9 Å². The third kappa shape index (κ3) is 2.44. The van der Waals surface area contributed by atoms with Crippen LogP contribution in [-0.2, 0) is 17.5 Å². The second kappa shape index (κ2) is 4.41. The van der Waals surface area contributed by atoms with E-state index in [-0.39, 0.29) is 10.9 Å². The first-order valence-corrected chi connectivity index (χ1v) is 5.16. The number of carboxylic acids is 1. The van der Waals surface area contributed by atoms with Crippen LogP contribution < -0.4 is 5.56 Å². The highest BCUT2D eigenvalue weighted by Gasteiger charge is 2.35. The number of nitrogens with zero attached hydrogens (tertiary/aromatic N) is 2. The molecular weight excluding hydrogens is 267 g/mol. The van der Waals surface area contributed by atoms with Gasteiger partial charge in [0.1, 0.15) is 5.69 Å². The summed E-state index contributed by atoms with van der Waals surface area (Å²) < 4.78 is 39.3. The lowest BCUT2D eigenvalue weighted by Crippen LogP contribution is -2.15. The van der Waals surface area contributed by atoms with Gasteiger partial charge in [0.25, 0.3) is 5.56 Å². The van der Waals surface area contributed by atoms with Crippen molar-refractivity contribution in [2.45, 2.75) is 19.1 Å². The first-order valence-electron chi connectivity index (χ1n) is 5.16. The zero-order chi connectivity index (χ0) is 14.2. The monoisotopic (exact) mass is 275 g/mol. The molecule has 0 amide bonds. The fourth-order valence-corrected chi connectivity index (χ4v) is 1.78. The van der Waals surface area contributed by atoms with Crippen molar-refractivity contribution < 1.29 is 23.1 Å². The number of aromatic amines is 1. The van der Waals surface area contributed by atoms with Crippen LogP contribution in [0.5, 0.6) is 0 Å². The molecule has 0 saturated heterocycles. The Bertz CT molecular complexity index is 687. The van der Waals surface area contributed by atoms with Gasteiger partial charge in [0.2, 0.25) is 0 Å². The number of carbonyl (C=O) groups is 1. The molecule has 0 aliphatic heterocycles. The normalized spacial score (nSPS) is 11.9. The molecule has 2 heterocycles. The number of fused-ring (bicyclic) bond motifs is 1. The number of halogens is 3. The number of carboxylic acid groups (broad SMARTS) is 1. The highest BCUT2D eigenvalue weighted by atomic mass is 19.4. The van der Waals surface area contributed by atoms with E-state index in [2.05, 4.69) is 5.10 Å². The number of aromatic nitrogens is 3. The van der Waals surface area contributed by atoms with Crippen molar-refractivity contribution in [1.82, 2.24) is 14.8 Å². The van der Waals surface area contributed by atoms with Gasteiger partial charge in [-0.15, -0.1) is 0 Å². The summed E-state index contributed by atoms with van der Waals surface area (Å²) in [6.45, 7) is -0.390. The van der Waals surface area contributed by atoms with Crippen molar-refractivity contribution in [2.24, 2.45) is 0 Å². The predicted molar refractivity (Wildman–Crippen MR) is 57.6 cm³/mol. The zero-order valence-electron chi connectivity index (χ0n) is 9.36. The molecule has 0 atom stereocenters. The maximum atomic E-state index is 12.8. The van der Waals surface area contributed by atoms with Gasteiger partial charge in [-0.25, -0.2) is 5.10 Å². The minimum absolute atomic E-state index is 0.0441. The Labute approximate surface area is 103 Å². The number of nitrogens with one attached hydrogen (secondary N) is 1. The topological polar surface area (TPSA) is 88.0 Å². The van der Waals surface area contributed by atoms with E-state index in [9.17, 15) is 22.8 Å². The Kier molecular flexibility index (Phi) is 3.05. The third-order valence-corrected chi connectivity index (χ3v) is 2.58. The van der Waals surface area contributed by atoms with Gasteiger partial charge in [-0.2, -0.15) is 18.3 Å². The van der Waals surface area contributed by atoms with Gasteiger partial charge in [0.05, 0.1) is 23.5 Å². The summed E-state index contributed by atoms with van der Waals surface area (Å²) in [5.41, 5.74) is -1.86. The molecule has 0 bridgehead atoms. The third-order valence-electron chi connectivity index (χ3n) is 2.58. The largest absolute Gasteiger partial charge is 0.481 e. The molecular formula is C10H8F3N3O3. The Morgan fingerprint density at radius 2 is 2.16 bits per heavy atom. The van der Waals surface area contributed by atoms with Gasteiger partial charge >= 0.3 is 12.1 Å². The van der Waals surface area contributed by atoms with Gasteiger partial charge in [-0.1, -0.05) is 0 Å². The highest BCUT2D eigenvalue weighted by molar-refractivity contribution is 5.79. The number of hydrogen-bond donors (Lipinski definition) is 2. The number of H-pyrrole nitrogens is 1. The van der Waals surface area contributed by atoms with Crippen LogP contribution >= 0.6 is 0 Å². The lowest BCUT2D eigenvalue weighted by Gasteiger charge is -2.11. The van der Waals surface area contributed by atoms with E-state index in [4.69, 9.17) is 5.11 Å². The molecule has 2 aromatic heterocycles. The minimum atomic E-state index is -4.68. The summed E-state index contributed by atoms with van der Waals surface area (Å²) in [6, 6.07) is 0.692. The molecule has 0 unspecified atom stereocenters. The Morgan fingerprint density at radius 1 is 1.47 bits per heavy atom. The average molecular weight is 275 g/mol. The molecule has 19 heavy (non-hydrogen) atoms. The second-order valence-corrected chi connectivity index (χ2v) is 3.82. The Morgan fingerprint density at radius 3 is 2.74 bits per heavy atom. The lowest BCUT2D eigenvalue weighted by atomic mass is 10.3. The van der Waals surface area contributed by atoms with E-state index in [1.807, 2.05) is 5.10 Å². The van der Waals surface area contributed by atoms with Gasteiger partial charge in [0, 0.05) is 6.54 Å².